The summed E-state index contributed by atoms with van der Waals surface area (Å²) in [5, 5.41) is 18.6. The molecule has 0 unspecified atom stereocenters. The Morgan fingerprint density at radius 2 is 2.12 bits per heavy atom. The first-order chi connectivity index (χ1) is 12.3. The Kier molecular flexibility index (Phi) is 4.90. The summed E-state index contributed by atoms with van der Waals surface area (Å²) in [6.45, 7) is 0.620. The minimum absolute atomic E-state index is 0.509. The molecule has 0 aliphatic rings. The van der Waals surface area contributed by atoms with Crippen LogP contribution in [0.25, 0.3) is 10.7 Å². The number of aromatic nitrogens is 6. The minimum atomic E-state index is 0.509. The number of hydrogen-bond acceptors (Lipinski definition) is 8. The number of nitrogens with zero attached hydrogens (tertiary/aromatic N) is 6. The van der Waals surface area contributed by atoms with Gasteiger partial charge in [0.25, 0.3) is 0 Å². The first-order valence-corrected chi connectivity index (χ1v) is 9.93. The largest absolute Gasteiger partial charge is 0.338 e. The van der Waals surface area contributed by atoms with E-state index in [0.29, 0.717) is 29.2 Å². The fourth-order valence-corrected chi connectivity index (χ4v) is 4.19. The highest BCUT2D eigenvalue weighted by atomic mass is 79.9. The van der Waals surface area contributed by atoms with Crippen LogP contribution in [0.15, 0.2) is 55.9 Å². The van der Waals surface area contributed by atoms with Gasteiger partial charge in [-0.3, -0.25) is 0 Å². The average Bonchev–Trinajstić information content (AvgIpc) is 3.35. The van der Waals surface area contributed by atoms with Crippen LogP contribution >= 0.6 is 39.0 Å². The number of thiophene rings is 1. The van der Waals surface area contributed by atoms with Gasteiger partial charge in [0.05, 0.1) is 17.2 Å². The van der Waals surface area contributed by atoms with Crippen molar-refractivity contribution < 1.29 is 4.52 Å². The first kappa shape index (κ1) is 16.4. The number of thioether (sulfide) groups is 1. The van der Waals surface area contributed by atoms with Gasteiger partial charge in [-0.2, -0.15) is 4.98 Å². The molecule has 126 valence electrons. The molecule has 25 heavy (non-hydrogen) atoms. The number of benzene rings is 1. The molecule has 0 N–H and O–H groups in total. The van der Waals surface area contributed by atoms with Gasteiger partial charge in [0.2, 0.25) is 16.9 Å². The van der Waals surface area contributed by atoms with E-state index in [2.05, 4.69) is 41.6 Å². The fourth-order valence-electron chi connectivity index (χ4n) is 2.13. The zero-order valence-electron chi connectivity index (χ0n) is 12.7. The Morgan fingerprint density at radius 1 is 1.24 bits per heavy atom. The molecule has 4 rings (SSSR count). The van der Waals surface area contributed by atoms with Crippen LogP contribution in [0.1, 0.15) is 11.5 Å². The fraction of sp³-hybridized carbons (Fsp3) is 0.133. The monoisotopic (exact) mass is 434 g/mol. The van der Waals surface area contributed by atoms with E-state index in [1.54, 1.807) is 16.0 Å². The highest BCUT2D eigenvalue weighted by molar-refractivity contribution is 9.10. The Hall–Kier alpha value is -2.04. The molecule has 0 spiro atoms. The Labute approximate surface area is 159 Å². The maximum absolute atomic E-state index is 5.32. The van der Waals surface area contributed by atoms with E-state index in [4.69, 9.17) is 4.52 Å². The molecule has 0 saturated carbocycles. The lowest BCUT2D eigenvalue weighted by Crippen LogP contribution is -2.03. The van der Waals surface area contributed by atoms with Gasteiger partial charge in [0, 0.05) is 9.85 Å². The quantitative estimate of drug-likeness (QED) is 0.425. The van der Waals surface area contributed by atoms with Gasteiger partial charge in [-0.15, -0.1) is 16.4 Å². The summed E-state index contributed by atoms with van der Waals surface area (Å²) < 4.78 is 8.08. The second kappa shape index (κ2) is 7.46. The molecule has 0 fully saturated rings. The topological polar surface area (TPSA) is 82.5 Å². The third-order valence-electron chi connectivity index (χ3n) is 3.25. The van der Waals surface area contributed by atoms with Crippen LogP contribution in [-0.2, 0) is 12.3 Å². The molecule has 0 amide bonds. The summed E-state index contributed by atoms with van der Waals surface area (Å²) in [4.78, 5) is 5.38. The van der Waals surface area contributed by atoms with Gasteiger partial charge in [-0.25, -0.2) is 4.68 Å². The van der Waals surface area contributed by atoms with E-state index in [-0.39, 0.29) is 0 Å². The second-order valence-corrected chi connectivity index (χ2v) is 7.80. The van der Waals surface area contributed by atoms with E-state index < -0.39 is 0 Å². The van der Waals surface area contributed by atoms with Gasteiger partial charge in [0.1, 0.15) is 0 Å². The van der Waals surface area contributed by atoms with Gasteiger partial charge < -0.3 is 4.52 Å². The molecule has 0 saturated heterocycles. The SMILES string of the molecule is Brc1csc(-c2noc(CSc3nnnn3Cc3ccccc3)n2)c1. The van der Waals surface area contributed by atoms with Crippen LogP contribution in [-0.4, -0.2) is 30.3 Å². The summed E-state index contributed by atoms with van der Waals surface area (Å²) in [5.41, 5.74) is 1.14. The summed E-state index contributed by atoms with van der Waals surface area (Å²) in [7, 11) is 0. The summed E-state index contributed by atoms with van der Waals surface area (Å²) >= 11 is 6.45. The molecular weight excluding hydrogens is 424 g/mol. The third-order valence-corrected chi connectivity index (χ3v) is 5.88. The number of halogens is 1. The Balaban J connectivity index is 1.42. The van der Waals surface area contributed by atoms with Crippen molar-refractivity contribution in [3.63, 3.8) is 0 Å². The Morgan fingerprint density at radius 3 is 2.92 bits per heavy atom. The molecule has 7 nitrogen and oxygen atoms in total. The lowest BCUT2D eigenvalue weighted by Gasteiger charge is -2.03. The van der Waals surface area contributed by atoms with Crippen LogP contribution in [0.2, 0.25) is 0 Å². The van der Waals surface area contributed by atoms with E-state index in [9.17, 15) is 0 Å². The standard InChI is InChI=1S/C15H11BrN6OS2/c16-11-6-12(24-8-11)14-17-13(23-19-14)9-25-15-18-20-21-22(15)7-10-4-2-1-3-5-10/h1-6,8H,7,9H2. The molecular formula is C15H11BrN6OS2. The van der Waals surface area contributed by atoms with E-state index in [0.717, 1.165) is 14.9 Å². The van der Waals surface area contributed by atoms with Crippen LogP contribution in [0.5, 0.6) is 0 Å². The van der Waals surface area contributed by atoms with Crippen molar-refractivity contribution >= 4 is 39.0 Å². The molecule has 3 aromatic heterocycles. The zero-order valence-corrected chi connectivity index (χ0v) is 16.0. The van der Waals surface area contributed by atoms with Gasteiger partial charge in [0.15, 0.2) is 0 Å². The van der Waals surface area contributed by atoms with Crippen LogP contribution in [0.3, 0.4) is 0 Å². The predicted molar refractivity (Wildman–Crippen MR) is 98.2 cm³/mol. The third kappa shape index (κ3) is 3.97. The molecule has 0 radical (unpaired) electrons. The molecule has 10 heteroatoms. The number of hydrogen-bond donors (Lipinski definition) is 0. The van der Waals surface area contributed by atoms with Crippen molar-refractivity contribution in [2.24, 2.45) is 0 Å². The average molecular weight is 435 g/mol. The van der Waals surface area contributed by atoms with Crippen molar-refractivity contribution in [3.05, 3.63) is 57.7 Å². The molecule has 4 aromatic rings. The van der Waals surface area contributed by atoms with Gasteiger partial charge in [-0.05, 0) is 38.0 Å². The van der Waals surface area contributed by atoms with Crippen LogP contribution in [0, 0.1) is 0 Å². The highest BCUT2D eigenvalue weighted by Crippen LogP contribution is 2.28. The molecule has 0 aliphatic carbocycles. The second-order valence-electron chi connectivity index (χ2n) is 5.03. The molecule has 0 bridgehead atoms. The van der Waals surface area contributed by atoms with E-state index in [1.807, 2.05) is 41.8 Å². The van der Waals surface area contributed by atoms with Crippen LogP contribution < -0.4 is 0 Å². The van der Waals surface area contributed by atoms with Crippen molar-refractivity contribution in [1.82, 2.24) is 30.3 Å². The maximum Gasteiger partial charge on any atom is 0.237 e. The van der Waals surface area contributed by atoms with Gasteiger partial charge >= 0.3 is 0 Å². The van der Waals surface area contributed by atoms with Crippen molar-refractivity contribution in [2.75, 3.05) is 0 Å². The van der Waals surface area contributed by atoms with Crippen molar-refractivity contribution in [2.45, 2.75) is 17.5 Å². The predicted octanol–water partition coefficient (Wildman–Crippen LogP) is 3.89. The van der Waals surface area contributed by atoms with Gasteiger partial charge in [-0.1, -0.05) is 47.3 Å². The summed E-state index contributed by atoms with van der Waals surface area (Å²) in [6.07, 6.45) is 0. The van der Waals surface area contributed by atoms with E-state index in [1.165, 1.54) is 11.8 Å². The minimum Gasteiger partial charge on any atom is -0.338 e. The number of tetrazole rings is 1. The number of rotatable bonds is 6. The van der Waals surface area contributed by atoms with Crippen molar-refractivity contribution in [1.29, 1.82) is 0 Å². The molecule has 3 heterocycles. The summed E-state index contributed by atoms with van der Waals surface area (Å²) in [6, 6.07) is 12.0. The van der Waals surface area contributed by atoms with E-state index >= 15 is 0 Å². The van der Waals surface area contributed by atoms with Crippen LogP contribution in [0.4, 0.5) is 0 Å². The first-order valence-electron chi connectivity index (χ1n) is 7.28. The lowest BCUT2D eigenvalue weighted by atomic mass is 10.2. The smallest absolute Gasteiger partial charge is 0.237 e. The zero-order chi connectivity index (χ0) is 17.1. The normalized spacial score (nSPS) is 11.1. The lowest BCUT2D eigenvalue weighted by molar-refractivity contribution is 0.391. The summed E-state index contributed by atoms with van der Waals surface area (Å²) in [5.74, 6) is 1.64. The highest BCUT2D eigenvalue weighted by Gasteiger charge is 2.13. The molecule has 0 atom stereocenters. The maximum atomic E-state index is 5.32. The Bertz CT molecular complexity index is 967. The molecule has 0 aliphatic heterocycles. The molecule has 1 aromatic carbocycles. The van der Waals surface area contributed by atoms with Crippen molar-refractivity contribution in [3.8, 4) is 10.7 Å².